The first-order chi connectivity index (χ1) is 15.6. The molecule has 1 amide bonds. The molecule has 33 heavy (non-hydrogen) atoms. The van der Waals surface area contributed by atoms with Crippen LogP contribution in [-0.2, 0) is 21.8 Å². The Morgan fingerprint density at radius 1 is 1.39 bits per heavy atom. The molecule has 1 aromatic heterocycles. The molecule has 3 rings (SSSR count). The van der Waals surface area contributed by atoms with Crippen molar-refractivity contribution < 1.29 is 27.6 Å². The zero-order valence-corrected chi connectivity index (χ0v) is 19.4. The van der Waals surface area contributed by atoms with Crippen LogP contribution in [0.25, 0.3) is 0 Å². The van der Waals surface area contributed by atoms with Crippen LogP contribution in [0.5, 0.6) is 11.6 Å². The largest absolute Gasteiger partial charge is 0.438 e. The average molecular weight is 482 g/mol. The second-order valence-corrected chi connectivity index (χ2v) is 9.81. The molecular weight excluding hydrogens is 454 g/mol. The molecule has 1 saturated heterocycles. The van der Waals surface area contributed by atoms with Crippen LogP contribution in [0.15, 0.2) is 29.2 Å². The molecule has 0 spiro atoms. The third kappa shape index (κ3) is 6.27. The number of carbonyl (C=O) groups excluding carboxylic acids is 1. The fraction of sp³-hybridized carbons (Fsp3) is 0.500. The first-order valence-corrected chi connectivity index (χ1v) is 11.9. The molecule has 0 radical (unpaired) electrons. The Hall–Kier alpha value is -3.03. The SMILES string of the molecule is CC(C)CNS(=O)(=O)c1cc([N+](=O)[O-])ccc1Oc1cc(C(=O)NC[C@H]2CCCO2)nn1C. The van der Waals surface area contributed by atoms with Crippen molar-refractivity contribution in [3.8, 4) is 11.6 Å². The van der Waals surface area contributed by atoms with Crippen molar-refractivity contribution in [1.82, 2.24) is 19.8 Å². The van der Waals surface area contributed by atoms with Gasteiger partial charge in [0.1, 0.15) is 10.6 Å². The molecule has 2 heterocycles. The third-order valence-electron chi connectivity index (χ3n) is 4.91. The smallest absolute Gasteiger partial charge is 0.272 e. The van der Waals surface area contributed by atoms with Gasteiger partial charge in [-0.1, -0.05) is 13.8 Å². The number of nitrogens with zero attached hydrogens (tertiary/aromatic N) is 3. The van der Waals surface area contributed by atoms with Crippen LogP contribution in [-0.4, -0.2) is 54.8 Å². The number of benzene rings is 1. The molecule has 13 heteroatoms. The van der Waals surface area contributed by atoms with E-state index in [-0.39, 0.29) is 40.8 Å². The number of nitrogens with one attached hydrogen (secondary N) is 2. The number of carbonyl (C=O) groups is 1. The van der Waals surface area contributed by atoms with Crippen molar-refractivity contribution in [2.75, 3.05) is 19.7 Å². The van der Waals surface area contributed by atoms with E-state index < -0.39 is 26.5 Å². The van der Waals surface area contributed by atoms with Crippen LogP contribution >= 0.6 is 0 Å². The summed E-state index contributed by atoms with van der Waals surface area (Å²) in [4.78, 5) is 22.5. The van der Waals surface area contributed by atoms with Gasteiger partial charge in [-0.2, -0.15) is 5.10 Å². The van der Waals surface area contributed by atoms with Crippen molar-refractivity contribution in [1.29, 1.82) is 0 Å². The van der Waals surface area contributed by atoms with Gasteiger partial charge in [-0.05, 0) is 24.8 Å². The van der Waals surface area contributed by atoms with E-state index in [1.165, 1.54) is 23.9 Å². The number of nitro benzene ring substituents is 1. The zero-order valence-electron chi connectivity index (χ0n) is 18.6. The van der Waals surface area contributed by atoms with Gasteiger partial charge in [-0.3, -0.25) is 14.9 Å². The second kappa shape index (κ2) is 10.3. The molecule has 12 nitrogen and oxygen atoms in total. The van der Waals surface area contributed by atoms with E-state index in [1.807, 2.05) is 13.8 Å². The quantitative estimate of drug-likeness (QED) is 0.385. The molecule has 1 fully saturated rings. The van der Waals surface area contributed by atoms with Gasteiger partial charge in [0, 0.05) is 44.9 Å². The highest BCUT2D eigenvalue weighted by Crippen LogP contribution is 2.32. The number of non-ortho nitro benzene ring substituents is 1. The van der Waals surface area contributed by atoms with Crippen LogP contribution in [0, 0.1) is 16.0 Å². The Morgan fingerprint density at radius 3 is 2.79 bits per heavy atom. The fourth-order valence-electron chi connectivity index (χ4n) is 3.13. The van der Waals surface area contributed by atoms with E-state index in [2.05, 4.69) is 15.1 Å². The Labute approximate surface area is 191 Å². The number of sulfonamides is 1. The highest BCUT2D eigenvalue weighted by atomic mass is 32.2. The van der Waals surface area contributed by atoms with Crippen LogP contribution in [0.1, 0.15) is 37.2 Å². The van der Waals surface area contributed by atoms with Gasteiger partial charge in [-0.15, -0.1) is 0 Å². The lowest BCUT2D eigenvalue weighted by Crippen LogP contribution is -2.32. The topological polar surface area (TPSA) is 155 Å². The van der Waals surface area contributed by atoms with Gasteiger partial charge in [0.25, 0.3) is 11.6 Å². The van der Waals surface area contributed by atoms with Crippen molar-refractivity contribution in [2.24, 2.45) is 13.0 Å². The standard InChI is InChI=1S/C20H27N5O7S/c1-13(2)11-22-33(29,30)18-9-14(25(27)28)6-7-17(18)32-19-10-16(23-24(19)3)20(26)21-12-15-5-4-8-31-15/h6-7,9-10,13,15,22H,4-5,8,11-12H2,1-3H3,(H,21,26)/t15-/m1/s1. The monoisotopic (exact) mass is 481 g/mol. The molecule has 1 atom stereocenters. The first kappa shape index (κ1) is 24.6. The summed E-state index contributed by atoms with van der Waals surface area (Å²) in [6, 6.07) is 4.64. The normalized spacial score (nSPS) is 16.2. The minimum Gasteiger partial charge on any atom is -0.438 e. The lowest BCUT2D eigenvalue weighted by molar-refractivity contribution is -0.385. The zero-order chi connectivity index (χ0) is 24.2. The number of nitro groups is 1. The highest BCUT2D eigenvalue weighted by Gasteiger charge is 2.25. The van der Waals surface area contributed by atoms with Crippen LogP contribution in [0.4, 0.5) is 5.69 Å². The van der Waals surface area contributed by atoms with Crippen LogP contribution < -0.4 is 14.8 Å². The molecule has 0 bridgehead atoms. The first-order valence-electron chi connectivity index (χ1n) is 10.5. The van der Waals surface area contributed by atoms with Gasteiger partial charge < -0.3 is 14.8 Å². The maximum Gasteiger partial charge on any atom is 0.272 e. The molecule has 1 aromatic carbocycles. The molecule has 0 aliphatic carbocycles. The molecule has 1 aliphatic heterocycles. The van der Waals surface area contributed by atoms with E-state index in [4.69, 9.17) is 9.47 Å². The number of aryl methyl sites for hydroxylation is 1. The summed E-state index contributed by atoms with van der Waals surface area (Å²) in [5.41, 5.74) is -0.318. The Balaban J connectivity index is 1.83. The van der Waals surface area contributed by atoms with Gasteiger partial charge in [0.15, 0.2) is 5.69 Å². The maximum atomic E-state index is 12.8. The number of hydrogen-bond acceptors (Lipinski definition) is 8. The number of rotatable bonds is 10. The highest BCUT2D eigenvalue weighted by molar-refractivity contribution is 7.89. The van der Waals surface area contributed by atoms with E-state index in [9.17, 15) is 23.3 Å². The third-order valence-corrected chi connectivity index (χ3v) is 6.35. The Bertz CT molecular complexity index is 1120. The summed E-state index contributed by atoms with van der Waals surface area (Å²) in [5.74, 6) is -0.445. The van der Waals surface area contributed by atoms with Crippen molar-refractivity contribution in [3.63, 3.8) is 0 Å². The number of hydrogen-bond donors (Lipinski definition) is 2. The van der Waals surface area contributed by atoms with E-state index in [1.54, 1.807) is 0 Å². The number of amides is 1. The maximum absolute atomic E-state index is 12.8. The second-order valence-electron chi connectivity index (χ2n) is 8.07. The van der Waals surface area contributed by atoms with E-state index >= 15 is 0 Å². The minimum absolute atomic E-state index is 0.0237. The molecule has 2 N–H and O–H groups in total. The summed E-state index contributed by atoms with van der Waals surface area (Å²) in [7, 11) is -2.57. The molecule has 0 saturated carbocycles. The number of ether oxygens (including phenoxy) is 2. The number of aromatic nitrogens is 2. The summed E-state index contributed by atoms with van der Waals surface area (Å²) in [6.07, 6.45) is 1.80. The predicted octanol–water partition coefficient (Wildman–Crippen LogP) is 1.96. The average Bonchev–Trinajstić information content (AvgIpc) is 3.41. The van der Waals surface area contributed by atoms with Crippen LogP contribution in [0.2, 0.25) is 0 Å². The van der Waals surface area contributed by atoms with Crippen molar-refractivity contribution >= 4 is 21.6 Å². The summed E-state index contributed by atoms with van der Waals surface area (Å²) in [6.45, 7) is 4.83. The molecule has 180 valence electrons. The van der Waals surface area contributed by atoms with Crippen molar-refractivity contribution in [3.05, 3.63) is 40.1 Å². The van der Waals surface area contributed by atoms with E-state index in [0.29, 0.717) is 13.2 Å². The summed E-state index contributed by atoms with van der Waals surface area (Å²) < 4.78 is 40.5. The Morgan fingerprint density at radius 2 is 2.15 bits per heavy atom. The van der Waals surface area contributed by atoms with Gasteiger partial charge >= 0.3 is 0 Å². The molecule has 1 aliphatic rings. The van der Waals surface area contributed by atoms with Gasteiger partial charge in [0.2, 0.25) is 15.9 Å². The van der Waals surface area contributed by atoms with Crippen molar-refractivity contribution in [2.45, 2.75) is 37.7 Å². The molecule has 0 unspecified atom stereocenters. The summed E-state index contributed by atoms with van der Waals surface area (Å²) >= 11 is 0. The molecular formula is C20H27N5O7S. The van der Waals surface area contributed by atoms with Gasteiger partial charge in [0.05, 0.1) is 11.0 Å². The van der Waals surface area contributed by atoms with Gasteiger partial charge in [-0.25, -0.2) is 17.8 Å². The van der Waals surface area contributed by atoms with E-state index in [0.717, 1.165) is 25.0 Å². The Kier molecular flexibility index (Phi) is 7.66. The lowest BCUT2D eigenvalue weighted by atomic mass is 10.2. The summed E-state index contributed by atoms with van der Waals surface area (Å²) in [5, 5.41) is 18.1. The lowest BCUT2D eigenvalue weighted by Gasteiger charge is -2.13. The minimum atomic E-state index is -4.10. The predicted molar refractivity (Wildman–Crippen MR) is 118 cm³/mol. The van der Waals surface area contributed by atoms with Crippen LogP contribution in [0.3, 0.4) is 0 Å². The fourth-order valence-corrected chi connectivity index (χ4v) is 4.49. The molecule has 2 aromatic rings.